The summed E-state index contributed by atoms with van der Waals surface area (Å²) in [7, 11) is 0. The minimum absolute atomic E-state index is 0.329. The van der Waals surface area contributed by atoms with E-state index < -0.39 is 5.97 Å². The molecule has 0 unspecified atom stereocenters. The van der Waals surface area contributed by atoms with Gasteiger partial charge in [-0.05, 0) is 19.3 Å². The number of allylic oxidation sites excluding steroid dienone is 5. The number of rotatable bonds is 14. The molecule has 20 heavy (non-hydrogen) atoms. The lowest BCUT2D eigenvalue weighted by atomic mass is 10.1. The van der Waals surface area contributed by atoms with Crippen molar-refractivity contribution in [2.75, 3.05) is 0 Å². The number of hydrogen-bond donors (Lipinski definition) is 1. The molecular weight excluding hydrogens is 248 g/mol. The van der Waals surface area contributed by atoms with Crippen molar-refractivity contribution in [1.29, 1.82) is 0 Å². The predicted octanol–water partition coefficient (Wildman–Crippen LogP) is 5.66. The van der Waals surface area contributed by atoms with Gasteiger partial charge in [-0.15, -0.1) is 0 Å². The van der Waals surface area contributed by atoms with Gasteiger partial charge in [-0.2, -0.15) is 0 Å². The molecule has 0 fully saturated rings. The second kappa shape index (κ2) is 15.7. The highest BCUT2D eigenvalue weighted by atomic mass is 16.4. The normalized spacial score (nSPS) is 11.4. The first-order valence-electron chi connectivity index (χ1n) is 7.93. The second-order valence-corrected chi connectivity index (χ2v) is 5.16. The van der Waals surface area contributed by atoms with E-state index in [-0.39, 0.29) is 0 Å². The maximum Gasteiger partial charge on any atom is 0.303 e. The average Bonchev–Trinajstić information content (AvgIpc) is 2.43. The molecule has 0 aromatic carbocycles. The summed E-state index contributed by atoms with van der Waals surface area (Å²) in [6.07, 6.45) is 22.4. The van der Waals surface area contributed by atoms with Crippen molar-refractivity contribution in [3.8, 4) is 0 Å². The molecular formula is C18H30O2. The summed E-state index contributed by atoms with van der Waals surface area (Å²) < 4.78 is 0. The molecule has 0 aliphatic heterocycles. The van der Waals surface area contributed by atoms with Gasteiger partial charge in [-0.1, -0.05) is 81.9 Å². The zero-order valence-electron chi connectivity index (χ0n) is 12.7. The molecule has 114 valence electrons. The predicted molar refractivity (Wildman–Crippen MR) is 86.9 cm³/mol. The maximum atomic E-state index is 10.3. The summed E-state index contributed by atoms with van der Waals surface area (Å²) in [5.74, 6) is -0.668. The van der Waals surface area contributed by atoms with Crippen molar-refractivity contribution in [2.45, 2.75) is 70.6 Å². The van der Waals surface area contributed by atoms with Crippen LogP contribution in [0.4, 0.5) is 0 Å². The van der Waals surface area contributed by atoms with Crippen LogP contribution in [0, 0.1) is 0 Å². The van der Waals surface area contributed by atoms with Crippen molar-refractivity contribution in [2.24, 2.45) is 0 Å². The minimum atomic E-state index is -0.668. The summed E-state index contributed by atoms with van der Waals surface area (Å²) >= 11 is 0. The number of unbranched alkanes of at least 4 members (excludes halogenated alkanes) is 9. The monoisotopic (exact) mass is 278 g/mol. The Morgan fingerprint density at radius 2 is 1.35 bits per heavy atom. The van der Waals surface area contributed by atoms with Gasteiger partial charge in [0.2, 0.25) is 0 Å². The molecule has 1 N–H and O–H groups in total. The van der Waals surface area contributed by atoms with E-state index in [0.717, 1.165) is 19.3 Å². The molecule has 0 bridgehead atoms. The van der Waals surface area contributed by atoms with E-state index in [0.29, 0.717) is 6.42 Å². The summed E-state index contributed by atoms with van der Waals surface area (Å²) in [5.41, 5.74) is 0. The standard InChI is InChI=1S/C18H30O2/c1-2-3-4-5-6-7-8-9-10-11-12-13-14-15-16-17-18(19)20/h2-6H,1,7-17H2,(H,19,20). The van der Waals surface area contributed by atoms with E-state index >= 15 is 0 Å². The number of hydrogen-bond acceptors (Lipinski definition) is 1. The van der Waals surface area contributed by atoms with Crippen LogP contribution < -0.4 is 0 Å². The molecule has 0 spiro atoms. The maximum absolute atomic E-state index is 10.3. The average molecular weight is 278 g/mol. The Balaban J connectivity index is 3.09. The fourth-order valence-corrected chi connectivity index (χ4v) is 2.09. The molecule has 0 saturated carbocycles. The number of carboxylic acid groups (broad SMARTS) is 1. The van der Waals surface area contributed by atoms with Gasteiger partial charge in [0.05, 0.1) is 0 Å². The third-order valence-corrected chi connectivity index (χ3v) is 3.26. The van der Waals surface area contributed by atoms with Crippen molar-refractivity contribution in [1.82, 2.24) is 0 Å². The van der Waals surface area contributed by atoms with Gasteiger partial charge in [-0.25, -0.2) is 0 Å². The largest absolute Gasteiger partial charge is 0.481 e. The smallest absolute Gasteiger partial charge is 0.303 e. The molecule has 0 amide bonds. The lowest BCUT2D eigenvalue weighted by Gasteiger charge is -2.01. The Labute approximate surface area is 124 Å². The molecule has 0 heterocycles. The van der Waals surface area contributed by atoms with Crippen LogP contribution >= 0.6 is 0 Å². The Morgan fingerprint density at radius 3 is 1.90 bits per heavy atom. The van der Waals surface area contributed by atoms with Crippen LogP contribution in [0.25, 0.3) is 0 Å². The molecule has 0 radical (unpaired) electrons. The van der Waals surface area contributed by atoms with Crippen molar-refractivity contribution >= 4 is 5.97 Å². The van der Waals surface area contributed by atoms with Gasteiger partial charge in [-0.3, -0.25) is 4.79 Å². The topological polar surface area (TPSA) is 37.3 Å². The van der Waals surface area contributed by atoms with Gasteiger partial charge < -0.3 is 5.11 Å². The van der Waals surface area contributed by atoms with E-state index in [2.05, 4.69) is 18.7 Å². The van der Waals surface area contributed by atoms with E-state index in [1.807, 2.05) is 12.2 Å². The zero-order chi connectivity index (χ0) is 14.9. The summed E-state index contributed by atoms with van der Waals surface area (Å²) in [6.45, 7) is 3.62. The summed E-state index contributed by atoms with van der Waals surface area (Å²) in [5, 5.41) is 8.50. The highest BCUT2D eigenvalue weighted by Gasteiger charge is 1.96. The zero-order valence-corrected chi connectivity index (χ0v) is 12.7. The molecule has 0 aliphatic rings. The fraction of sp³-hybridized carbons (Fsp3) is 0.611. The summed E-state index contributed by atoms with van der Waals surface area (Å²) in [6, 6.07) is 0. The number of aliphatic carboxylic acids is 1. The lowest BCUT2D eigenvalue weighted by molar-refractivity contribution is -0.137. The van der Waals surface area contributed by atoms with Crippen LogP contribution in [-0.4, -0.2) is 11.1 Å². The Kier molecular flexibility index (Phi) is 14.7. The first-order valence-corrected chi connectivity index (χ1v) is 7.93. The third-order valence-electron chi connectivity index (χ3n) is 3.26. The second-order valence-electron chi connectivity index (χ2n) is 5.16. The first kappa shape index (κ1) is 18.7. The van der Waals surface area contributed by atoms with Crippen molar-refractivity contribution in [3.05, 3.63) is 37.0 Å². The molecule has 2 heteroatoms. The van der Waals surface area contributed by atoms with Gasteiger partial charge in [0.15, 0.2) is 0 Å². The quantitative estimate of drug-likeness (QED) is 0.329. The number of carbonyl (C=O) groups is 1. The van der Waals surface area contributed by atoms with Gasteiger partial charge in [0.1, 0.15) is 0 Å². The van der Waals surface area contributed by atoms with Crippen LogP contribution in [-0.2, 0) is 4.79 Å². The minimum Gasteiger partial charge on any atom is -0.481 e. The molecule has 0 aliphatic carbocycles. The first-order chi connectivity index (χ1) is 9.77. The summed E-state index contributed by atoms with van der Waals surface area (Å²) in [4.78, 5) is 10.3. The molecule has 0 atom stereocenters. The molecule has 2 nitrogen and oxygen atoms in total. The highest BCUT2D eigenvalue weighted by molar-refractivity contribution is 5.66. The van der Waals surface area contributed by atoms with E-state index in [1.165, 1.54) is 44.9 Å². The van der Waals surface area contributed by atoms with Crippen LogP contribution in [0.5, 0.6) is 0 Å². The fourth-order valence-electron chi connectivity index (χ4n) is 2.09. The third kappa shape index (κ3) is 16.7. The van der Waals surface area contributed by atoms with Gasteiger partial charge in [0.25, 0.3) is 0 Å². The van der Waals surface area contributed by atoms with Gasteiger partial charge in [0, 0.05) is 6.42 Å². The van der Waals surface area contributed by atoms with Crippen LogP contribution in [0.2, 0.25) is 0 Å². The molecule has 0 aromatic rings. The van der Waals surface area contributed by atoms with E-state index in [9.17, 15) is 4.79 Å². The van der Waals surface area contributed by atoms with E-state index in [1.54, 1.807) is 6.08 Å². The van der Waals surface area contributed by atoms with Crippen molar-refractivity contribution < 1.29 is 9.90 Å². The van der Waals surface area contributed by atoms with Crippen LogP contribution in [0.15, 0.2) is 37.0 Å². The highest BCUT2D eigenvalue weighted by Crippen LogP contribution is 2.11. The number of carboxylic acids is 1. The molecule has 0 saturated heterocycles. The molecule has 0 aromatic heterocycles. The SMILES string of the molecule is C=CC=CC=CCCCCCCCCCCCC(=O)O. The van der Waals surface area contributed by atoms with Crippen LogP contribution in [0.3, 0.4) is 0 Å². The Bertz CT molecular complexity index is 290. The lowest BCUT2D eigenvalue weighted by Crippen LogP contribution is -1.93. The van der Waals surface area contributed by atoms with Gasteiger partial charge >= 0.3 is 5.97 Å². The van der Waals surface area contributed by atoms with Crippen molar-refractivity contribution in [3.63, 3.8) is 0 Å². The Hall–Kier alpha value is -1.31. The van der Waals surface area contributed by atoms with Crippen LogP contribution in [0.1, 0.15) is 70.6 Å². The van der Waals surface area contributed by atoms with E-state index in [4.69, 9.17) is 5.11 Å². The Morgan fingerprint density at radius 1 is 0.800 bits per heavy atom. The molecule has 0 rings (SSSR count).